The molecule has 5 nitrogen and oxygen atoms in total. The predicted octanol–water partition coefficient (Wildman–Crippen LogP) is 2.27. The second-order valence-corrected chi connectivity index (χ2v) is 6.20. The topological polar surface area (TPSA) is 52.7 Å². The van der Waals surface area contributed by atoms with Gasteiger partial charge in [0.05, 0.1) is 0 Å². The van der Waals surface area contributed by atoms with Gasteiger partial charge in [-0.15, -0.1) is 0 Å². The van der Waals surface area contributed by atoms with Crippen molar-refractivity contribution in [2.45, 2.75) is 39.2 Å². The van der Waals surface area contributed by atoms with Crippen molar-refractivity contribution in [3.63, 3.8) is 0 Å². The zero-order chi connectivity index (χ0) is 16.8. The lowest BCUT2D eigenvalue weighted by Crippen LogP contribution is -2.45. The summed E-state index contributed by atoms with van der Waals surface area (Å²) in [6.07, 6.45) is 3.19. The standard InChI is InChI=1S/C18H27N3O2/c1-4-11-20(3)16-9-7-15(8-10-16)17(22)19-14(2)18(23)21-12-5-6-13-21/h7-10,14H,4-6,11-13H2,1-3H3,(H,19,22). The summed E-state index contributed by atoms with van der Waals surface area (Å²) in [4.78, 5) is 28.5. The average Bonchev–Trinajstić information content (AvgIpc) is 3.08. The summed E-state index contributed by atoms with van der Waals surface area (Å²) in [7, 11) is 2.04. The van der Waals surface area contributed by atoms with Gasteiger partial charge in [-0.05, 0) is 50.5 Å². The molecule has 126 valence electrons. The van der Waals surface area contributed by atoms with Gasteiger partial charge in [0.1, 0.15) is 6.04 Å². The van der Waals surface area contributed by atoms with E-state index in [0.29, 0.717) is 5.56 Å². The molecule has 0 saturated carbocycles. The lowest BCUT2D eigenvalue weighted by Gasteiger charge is -2.21. The maximum Gasteiger partial charge on any atom is 0.251 e. The number of nitrogens with zero attached hydrogens (tertiary/aromatic N) is 2. The molecule has 0 aliphatic carbocycles. The minimum Gasteiger partial charge on any atom is -0.375 e. The van der Waals surface area contributed by atoms with Crippen LogP contribution >= 0.6 is 0 Å². The monoisotopic (exact) mass is 317 g/mol. The van der Waals surface area contributed by atoms with Crippen molar-refractivity contribution < 1.29 is 9.59 Å². The first-order valence-corrected chi connectivity index (χ1v) is 8.43. The van der Waals surface area contributed by atoms with Gasteiger partial charge in [0, 0.05) is 37.9 Å². The zero-order valence-corrected chi connectivity index (χ0v) is 14.3. The van der Waals surface area contributed by atoms with Crippen LogP contribution in [0.5, 0.6) is 0 Å². The van der Waals surface area contributed by atoms with Crippen molar-refractivity contribution >= 4 is 17.5 Å². The van der Waals surface area contributed by atoms with Crippen LogP contribution in [0.1, 0.15) is 43.5 Å². The zero-order valence-electron chi connectivity index (χ0n) is 14.3. The van der Waals surface area contributed by atoms with E-state index in [1.807, 2.05) is 36.2 Å². The smallest absolute Gasteiger partial charge is 0.251 e. The molecule has 0 bridgehead atoms. The Labute approximate surface area is 138 Å². The third-order valence-corrected chi connectivity index (χ3v) is 4.27. The van der Waals surface area contributed by atoms with Crippen LogP contribution in [0.2, 0.25) is 0 Å². The van der Waals surface area contributed by atoms with E-state index in [2.05, 4.69) is 17.1 Å². The largest absolute Gasteiger partial charge is 0.375 e. The predicted molar refractivity (Wildman–Crippen MR) is 92.7 cm³/mol. The third kappa shape index (κ3) is 4.47. The first kappa shape index (κ1) is 17.3. The quantitative estimate of drug-likeness (QED) is 0.876. The molecule has 0 spiro atoms. The van der Waals surface area contributed by atoms with Gasteiger partial charge in [-0.3, -0.25) is 9.59 Å². The molecule has 2 amide bonds. The van der Waals surface area contributed by atoms with E-state index < -0.39 is 6.04 Å². The number of hydrogen-bond donors (Lipinski definition) is 1. The molecule has 1 N–H and O–H groups in total. The van der Waals surface area contributed by atoms with Crippen LogP contribution in [0.4, 0.5) is 5.69 Å². The van der Waals surface area contributed by atoms with Crippen LogP contribution in [0.3, 0.4) is 0 Å². The third-order valence-electron chi connectivity index (χ3n) is 4.27. The Morgan fingerprint density at radius 3 is 2.39 bits per heavy atom. The lowest BCUT2D eigenvalue weighted by molar-refractivity contribution is -0.131. The Hall–Kier alpha value is -2.04. The molecule has 1 atom stereocenters. The van der Waals surface area contributed by atoms with E-state index in [1.165, 1.54) is 0 Å². The molecular weight excluding hydrogens is 290 g/mol. The molecule has 1 aromatic rings. The number of rotatable bonds is 6. The minimum absolute atomic E-state index is 0.00940. The van der Waals surface area contributed by atoms with Crippen molar-refractivity contribution in [1.29, 1.82) is 0 Å². The van der Waals surface area contributed by atoms with Crippen LogP contribution in [-0.2, 0) is 4.79 Å². The molecule has 1 aromatic carbocycles. The summed E-state index contributed by atoms with van der Waals surface area (Å²) in [5.74, 6) is -0.190. The first-order chi connectivity index (χ1) is 11.0. The number of carbonyl (C=O) groups is 2. The Morgan fingerprint density at radius 1 is 1.22 bits per heavy atom. The van der Waals surface area contributed by atoms with Gasteiger partial charge in [-0.1, -0.05) is 6.92 Å². The van der Waals surface area contributed by atoms with Gasteiger partial charge in [0.15, 0.2) is 0 Å². The number of carbonyl (C=O) groups excluding carboxylic acids is 2. The van der Waals surface area contributed by atoms with E-state index in [4.69, 9.17) is 0 Å². The Bertz CT molecular complexity index is 536. The van der Waals surface area contributed by atoms with E-state index >= 15 is 0 Å². The maximum absolute atomic E-state index is 12.3. The highest BCUT2D eigenvalue weighted by molar-refractivity contribution is 5.97. The minimum atomic E-state index is -0.483. The molecule has 1 aliphatic heterocycles. The normalized spacial score (nSPS) is 15.3. The molecular formula is C18H27N3O2. The summed E-state index contributed by atoms with van der Waals surface area (Å²) in [6.45, 7) is 6.47. The molecule has 23 heavy (non-hydrogen) atoms. The highest BCUT2D eigenvalue weighted by Crippen LogP contribution is 2.14. The highest BCUT2D eigenvalue weighted by atomic mass is 16.2. The summed E-state index contributed by atoms with van der Waals surface area (Å²) < 4.78 is 0. The lowest BCUT2D eigenvalue weighted by atomic mass is 10.1. The SMILES string of the molecule is CCCN(C)c1ccc(C(=O)NC(C)C(=O)N2CCCC2)cc1. The number of benzene rings is 1. The van der Waals surface area contributed by atoms with Crippen LogP contribution < -0.4 is 10.2 Å². The van der Waals surface area contributed by atoms with E-state index in [-0.39, 0.29) is 11.8 Å². The number of hydrogen-bond acceptors (Lipinski definition) is 3. The maximum atomic E-state index is 12.3. The number of amides is 2. The number of nitrogens with one attached hydrogen (secondary N) is 1. The van der Waals surface area contributed by atoms with Crippen molar-refractivity contribution in [1.82, 2.24) is 10.2 Å². The van der Waals surface area contributed by atoms with Gasteiger partial charge >= 0.3 is 0 Å². The number of likely N-dealkylation sites (tertiary alicyclic amines) is 1. The van der Waals surface area contributed by atoms with Crippen molar-refractivity contribution in [3.05, 3.63) is 29.8 Å². The molecule has 1 heterocycles. The molecule has 1 fully saturated rings. The van der Waals surface area contributed by atoms with E-state index in [1.54, 1.807) is 6.92 Å². The fraction of sp³-hybridized carbons (Fsp3) is 0.556. The Morgan fingerprint density at radius 2 is 1.83 bits per heavy atom. The molecule has 1 unspecified atom stereocenters. The van der Waals surface area contributed by atoms with E-state index in [0.717, 1.165) is 44.6 Å². The summed E-state index contributed by atoms with van der Waals surface area (Å²) in [5, 5.41) is 2.80. The fourth-order valence-electron chi connectivity index (χ4n) is 2.88. The van der Waals surface area contributed by atoms with Crippen LogP contribution in [-0.4, -0.2) is 49.4 Å². The second-order valence-electron chi connectivity index (χ2n) is 6.20. The molecule has 1 aliphatic rings. The Kier molecular flexibility index (Phi) is 6.02. The summed E-state index contributed by atoms with van der Waals surface area (Å²) in [6, 6.07) is 7.02. The van der Waals surface area contributed by atoms with Gasteiger partial charge in [-0.25, -0.2) is 0 Å². The molecule has 0 aromatic heterocycles. The molecule has 5 heteroatoms. The summed E-state index contributed by atoms with van der Waals surface area (Å²) >= 11 is 0. The number of anilines is 1. The highest BCUT2D eigenvalue weighted by Gasteiger charge is 2.24. The average molecular weight is 317 g/mol. The van der Waals surface area contributed by atoms with Crippen molar-refractivity contribution in [3.8, 4) is 0 Å². The fourth-order valence-corrected chi connectivity index (χ4v) is 2.88. The van der Waals surface area contributed by atoms with Gasteiger partial charge in [0.2, 0.25) is 5.91 Å². The van der Waals surface area contributed by atoms with Crippen molar-refractivity contribution in [2.75, 3.05) is 31.6 Å². The van der Waals surface area contributed by atoms with Crippen LogP contribution in [0.25, 0.3) is 0 Å². The van der Waals surface area contributed by atoms with Crippen LogP contribution in [0, 0.1) is 0 Å². The molecule has 2 rings (SSSR count). The van der Waals surface area contributed by atoms with E-state index in [9.17, 15) is 9.59 Å². The van der Waals surface area contributed by atoms with Crippen LogP contribution in [0.15, 0.2) is 24.3 Å². The second kappa shape index (κ2) is 7.99. The molecule has 0 radical (unpaired) electrons. The summed E-state index contributed by atoms with van der Waals surface area (Å²) in [5.41, 5.74) is 1.67. The van der Waals surface area contributed by atoms with Gasteiger partial charge in [-0.2, -0.15) is 0 Å². The first-order valence-electron chi connectivity index (χ1n) is 8.43. The van der Waals surface area contributed by atoms with Gasteiger partial charge in [0.25, 0.3) is 5.91 Å². The van der Waals surface area contributed by atoms with Gasteiger partial charge < -0.3 is 15.1 Å². The Balaban J connectivity index is 1.93. The molecule has 1 saturated heterocycles. The van der Waals surface area contributed by atoms with Crippen molar-refractivity contribution in [2.24, 2.45) is 0 Å².